The summed E-state index contributed by atoms with van der Waals surface area (Å²) < 4.78 is 0. The number of unbranched alkanes of at least 4 members (excludes halogenated alkanes) is 1. The Hall–Kier alpha value is -0.560. The zero-order valence-corrected chi connectivity index (χ0v) is 9.04. The van der Waals surface area contributed by atoms with Gasteiger partial charge in [-0.1, -0.05) is 18.2 Å². The molecule has 1 nitrogen and oxygen atoms in total. The summed E-state index contributed by atoms with van der Waals surface area (Å²) in [5.74, 6) is 0. The van der Waals surface area contributed by atoms with E-state index in [1.54, 1.807) is 0 Å². The first-order valence-corrected chi connectivity index (χ1v) is 5.70. The lowest BCUT2D eigenvalue weighted by Gasteiger charge is -2.12. The maximum Gasteiger partial charge on any atom is 0.0612 e. The molecule has 0 amide bonds. The fraction of sp³-hybridized carbons (Fsp3) is 0.692. The number of rotatable bonds is 8. The first-order chi connectivity index (χ1) is 6.83. The van der Waals surface area contributed by atoms with Crippen LogP contribution in [0.2, 0.25) is 0 Å². The van der Waals surface area contributed by atoms with E-state index in [0.29, 0.717) is 5.41 Å². The molecule has 1 aliphatic rings. The molecular weight excluding hydrogens is 172 g/mol. The van der Waals surface area contributed by atoms with Crippen molar-refractivity contribution in [3.63, 3.8) is 0 Å². The van der Waals surface area contributed by atoms with E-state index in [0.717, 1.165) is 6.42 Å². The summed E-state index contributed by atoms with van der Waals surface area (Å²) in [4.78, 5) is 0. The highest BCUT2D eigenvalue weighted by molar-refractivity contribution is 4.94. The first kappa shape index (κ1) is 11.5. The molecule has 0 aliphatic heterocycles. The van der Waals surface area contributed by atoms with Crippen LogP contribution in [0, 0.1) is 5.41 Å². The highest BCUT2D eigenvalue weighted by atomic mass is 16.2. The normalized spacial score (nSPS) is 18.6. The van der Waals surface area contributed by atoms with Crippen LogP contribution in [0.5, 0.6) is 0 Å². The molecule has 1 N–H and O–H groups in total. The number of hydrogen-bond acceptors (Lipinski definition) is 1. The van der Waals surface area contributed by atoms with Crippen LogP contribution < -0.4 is 0 Å². The first-order valence-electron chi connectivity index (χ1n) is 5.70. The molecular formula is C13H22O. The molecule has 0 aromatic carbocycles. The van der Waals surface area contributed by atoms with Crippen LogP contribution in [0.25, 0.3) is 0 Å². The molecule has 0 saturated heterocycles. The van der Waals surface area contributed by atoms with Crippen LogP contribution in [0.15, 0.2) is 24.8 Å². The molecule has 0 aromatic heterocycles. The summed E-state index contributed by atoms with van der Waals surface area (Å²) in [5, 5.41) is 8.56. The van der Waals surface area contributed by atoms with Crippen molar-refractivity contribution < 1.29 is 5.11 Å². The Balaban J connectivity index is 2.05. The van der Waals surface area contributed by atoms with Gasteiger partial charge < -0.3 is 5.11 Å². The van der Waals surface area contributed by atoms with E-state index in [2.05, 4.69) is 12.7 Å². The SMILES string of the molecule is C=CCCC1(CCCC=CCO)CC1. The predicted molar refractivity (Wildman–Crippen MR) is 61.2 cm³/mol. The molecule has 0 heterocycles. The van der Waals surface area contributed by atoms with E-state index < -0.39 is 0 Å². The highest BCUT2D eigenvalue weighted by Crippen LogP contribution is 2.53. The second-order valence-electron chi connectivity index (χ2n) is 4.37. The zero-order valence-electron chi connectivity index (χ0n) is 9.04. The van der Waals surface area contributed by atoms with E-state index in [1.807, 2.05) is 12.2 Å². The molecule has 0 radical (unpaired) electrons. The van der Waals surface area contributed by atoms with Crippen molar-refractivity contribution in [1.29, 1.82) is 0 Å². The third-order valence-electron chi connectivity index (χ3n) is 3.19. The second-order valence-corrected chi connectivity index (χ2v) is 4.37. The molecule has 1 heteroatoms. The molecule has 1 fully saturated rings. The van der Waals surface area contributed by atoms with E-state index in [1.165, 1.54) is 38.5 Å². The highest BCUT2D eigenvalue weighted by Gasteiger charge is 2.40. The lowest BCUT2D eigenvalue weighted by molar-refractivity contribution is 0.342. The molecule has 1 saturated carbocycles. The van der Waals surface area contributed by atoms with Gasteiger partial charge in [0, 0.05) is 0 Å². The van der Waals surface area contributed by atoms with Gasteiger partial charge in [0.15, 0.2) is 0 Å². The smallest absolute Gasteiger partial charge is 0.0612 e. The largest absolute Gasteiger partial charge is 0.392 e. The van der Waals surface area contributed by atoms with Crippen molar-refractivity contribution in [3.8, 4) is 0 Å². The van der Waals surface area contributed by atoms with Crippen LogP contribution in [0.1, 0.15) is 44.9 Å². The van der Waals surface area contributed by atoms with Crippen molar-refractivity contribution in [2.45, 2.75) is 44.9 Å². The Kier molecular flexibility index (Phi) is 4.95. The van der Waals surface area contributed by atoms with E-state index >= 15 is 0 Å². The van der Waals surface area contributed by atoms with Crippen LogP contribution in [-0.4, -0.2) is 11.7 Å². The predicted octanol–water partition coefficient (Wildman–Crippen LogP) is 3.45. The topological polar surface area (TPSA) is 20.2 Å². The minimum absolute atomic E-state index is 0.182. The number of aliphatic hydroxyl groups is 1. The van der Waals surface area contributed by atoms with E-state index in [4.69, 9.17) is 5.11 Å². The van der Waals surface area contributed by atoms with E-state index in [9.17, 15) is 0 Å². The van der Waals surface area contributed by atoms with Gasteiger partial charge in [0.2, 0.25) is 0 Å². The number of hydrogen-bond donors (Lipinski definition) is 1. The Morgan fingerprint density at radius 3 is 2.50 bits per heavy atom. The Labute approximate surface area is 87.5 Å². The van der Waals surface area contributed by atoms with Gasteiger partial charge in [-0.25, -0.2) is 0 Å². The van der Waals surface area contributed by atoms with Crippen molar-refractivity contribution in [3.05, 3.63) is 24.8 Å². The third kappa shape index (κ3) is 4.10. The van der Waals surface area contributed by atoms with Crippen molar-refractivity contribution in [2.24, 2.45) is 5.41 Å². The molecule has 1 aliphatic carbocycles. The van der Waals surface area contributed by atoms with Crippen molar-refractivity contribution in [1.82, 2.24) is 0 Å². The fourth-order valence-electron chi connectivity index (χ4n) is 2.00. The summed E-state index contributed by atoms with van der Waals surface area (Å²) in [7, 11) is 0. The molecule has 0 spiro atoms. The van der Waals surface area contributed by atoms with Crippen LogP contribution in [-0.2, 0) is 0 Å². The molecule has 1 rings (SSSR count). The second kappa shape index (κ2) is 6.02. The summed E-state index contributed by atoms with van der Waals surface area (Å²) >= 11 is 0. The van der Waals surface area contributed by atoms with Gasteiger partial charge in [-0.3, -0.25) is 0 Å². The Morgan fingerprint density at radius 2 is 1.93 bits per heavy atom. The quantitative estimate of drug-likeness (QED) is 0.463. The lowest BCUT2D eigenvalue weighted by atomic mass is 9.93. The van der Waals surface area contributed by atoms with Crippen LogP contribution >= 0.6 is 0 Å². The zero-order chi connectivity index (χ0) is 10.3. The molecule has 0 bridgehead atoms. The van der Waals surface area contributed by atoms with Gasteiger partial charge in [0.25, 0.3) is 0 Å². The molecule has 0 unspecified atom stereocenters. The minimum Gasteiger partial charge on any atom is -0.392 e. The molecule has 14 heavy (non-hydrogen) atoms. The Bertz CT molecular complexity index is 189. The van der Waals surface area contributed by atoms with E-state index in [-0.39, 0.29) is 6.61 Å². The monoisotopic (exact) mass is 194 g/mol. The number of allylic oxidation sites excluding steroid dienone is 2. The maximum atomic E-state index is 8.56. The molecule has 0 aromatic rings. The van der Waals surface area contributed by atoms with Gasteiger partial charge >= 0.3 is 0 Å². The fourth-order valence-corrected chi connectivity index (χ4v) is 2.00. The summed E-state index contributed by atoms with van der Waals surface area (Å²) in [6.07, 6.45) is 15.1. The van der Waals surface area contributed by atoms with Gasteiger partial charge in [-0.2, -0.15) is 0 Å². The van der Waals surface area contributed by atoms with Gasteiger partial charge in [-0.05, 0) is 50.4 Å². The average molecular weight is 194 g/mol. The summed E-state index contributed by atoms with van der Waals surface area (Å²) in [6, 6.07) is 0. The van der Waals surface area contributed by atoms with Crippen molar-refractivity contribution >= 4 is 0 Å². The number of aliphatic hydroxyl groups excluding tert-OH is 1. The molecule has 80 valence electrons. The molecule has 0 atom stereocenters. The summed E-state index contributed by atoms with van der Waals surface area (Å²) in [5.41, 5.74) is 0.682. The van der Waals surface area contributed by atoms with Crippen LogP contribution in [0.3, 0.4) is 0 Å². The third-order valence-corrected chi connectivity index (χ3v) is 3.19. The maximum absolute atomic E-state index is 8.56. The van der Waals surface area contributed by atoms with Crippen molar-refractivity contribution in [2.75, 3.05) is 6.61 Å². The standard InChI is InChI=1S/C13H22O/c1-2-3-8-13(10-11-13)9-6-4-5-7-12-14/h2,5,7,14H,1,3-4,6,8-12H2. The lowest BCUT2D eigenvalue weighted by Crippen LogP contribution is -1.99. The van der Waals surface area contributed by atoms with Crippen LogP contribution in [0.4, 0.5) is 0 Å². The van der Waals surface area contributed by atoms with Gasteiger partial charge in [0.1, 0.15) is 0 Å². The average Bonchev–Trinajstić information content (AvgIpc) is 2.96. The minimum atomic E-state index is 0.182. The Morgan fingerprint density at radius 1 is 1.14 bits per heavy atom. The summed E-state index contributed by atoms with van der Waals surface area (Å²) in [6.45, 7) is 3.96. The van der Waals surface area contributed by atoms with Gasteiger partial charge in [0.05, 0.1) is 6.61 Å². The van der Waals surface area contributed by atoms with Gasteiger partial charge in [-0.15, -0.1) is 6.58 Å².